The van der Waals surface area contributed by atoms with Crippen LogP contribution in [0.3, 0.4) is 0 Å². The van der Waals surface area contributed by atoms with Gasteiger partial charge in [-0.3, -0.25) is 10.1 Å². The number of para-hydroxylation sites is 1. The summed E-state index contributed by atoms with van der Waals surface area (Å²) in [6.45, 7) is 5.39. The summed E-state index contributed by atoms with van der Waals surface area (Å²) in [5, 5.41) is 10.5. The Kier molecular flexibility index (Phi) is 5.03. The number of aromatic nitrogens is 3. The van der Waals surface area contributed by atoms with Crippen molar-refractivity contribution < 1.29 is 14.3 Å². The smallest absolute Gasteiger partial charge is 0.412 e. The van der Waals surface area contributed by atoms with E-state index in [-0.39, 0.29) is 5.91 Å². The number of carbonyl (C=O) groups is 2. The van der Waals surface area contributed by atoms with Crippen molar-refractivity contribution in [3.63, 3.8) is 0 Å². The number of anilines is 1. The Labute approximate surface area is 156 Å². The van der Waals surface area contributed by atoms with Gasteiger partial charge in [-0.2, -0.15) is 4.68 Å². The highest BCUT2D eigenvalue weighted by molar-refractivity contribution is 5.98. The number of rotatable bonds is 3. The maximum Gasteiger partial charge on any atom is 0.412 e. The standard InChI is InChI=1S/C20H20N4O3/c1-20(2,3)27-19(26)21-15-8-6-7-14(13-15)11-12-18(25)24-17-10-5-4-9-16(17)22-23-24/h4-13H,1-3H3,(H,21,26)/b12-11+. The summed E-state index contributed by atoms with van der Waals surface area (Å²) in [4.78, 5) is 24.3. The fourth-order valence-corrected chi connectivity index (χ4v) is 2.41. The fraction of sp³-hybridized carbons (Fsp3) is 0.200. The van der Waals surface area contributed by atoms with Crippen LogP contribution in [0.1, 0.15) is 31.1 Å². The van der Waals surface area contributed by atoms with E-state index in [0.29, 0.717) is 16.7 Å². The van der Waals surface area contributed by atoms with Crippen LogP contribution in [0.15, 0.2) is 54.6 Å². The van der Waals surface area contributed by atoms with Crippen molar-refractivity contribution in [2.45, 2.75) is 26.4 Å². The van der Waals surface area contributed by atoms with Crippen molar-refractivity contribution in [3.8, 4) is 0 Å². The number of allylic oxidation sites excluding steroid dienone is 1. The normalized spacial score (nSPS) is 11.7. The van der Waals surface area contributed by atoms with Gasteiger partial charge in [0.25, 0.3) is 5.91 Å². The van der Waals surface area contributed by atoms with Gasteiger partial charge >= 0.3 is 6.09 Å². The number of hydrogen-bond donors (Lipinski definition) is 1. The second-order valence-corrected chi connectivity index (χ2v) is 6.91. The molecule has 0 fully saturated rings. The van der Waals surface area contributed by atoms with Crippen LogP contribution in [0.5, 0.6) is 0 Å². The van der Waals surface area contributed by atoms with Gasteiger partial charge in [0.05, 0.1) is 5.52 Å². The summed E-state index contributed by atoms with van der Waals surface area (Å²) in [5.74, 6) is -0.311. The lowest BCUT2D eigenvalue weighted by Crippen LogP contribution is -2.27. The zero-order chi connectivity index (χ0) is 19.4. The lowest BCUT2D eigenvalue weighted by molar-refractivity contribution is 0.0635. The minimum atomic E-state index is -0.575. The molecule has 7 nitrogen and oxygen atoms in total. The number of nitrogens with one attached hydrogen (secondary N) is 1. The number of ether oxygens (including phenoxy) is 1. The molecule has 0 spiro atoms. The van der Waals surface area contributed by atoms with E-state index in [1.54, 1.807) is 57.2 Å². The highest BCUT2D eigenvalue weighted by atomic mass is 16.6. The monoisotopic (exact) mass is 364 g/mol. The molecule has 7 heteroatoms. The SMILES string of the molecule is CC(C)(C)OC(=O)Nc1cccc(/C=C/C(=O)n2nnc3ccccc32)c1. The minimum absolute atomic E-state index is 0.311. The van der Waals surface area contributed by atoms with E-state index in [1.165, 1.54) is 10.8 Å². The Hall–Kier alpha value is -3.48. The van der Waals surface area contributed by atoms with Gasteiger partial charge in [0.2, 0.25) is 0 Å². The topological polar surface area (TPSA) is 86.1 Å². The fourth-order valence-electron chi connectivity index (χ4n) is 2.41. The largest absolute Gasteiger partial charge is 0.444 e. The molecule has 27 heavy (non-hydrogen) atoms. The summed E-state index contributed by atoms with van der Waals surface area (Å²) < 4.78 is 6.47. The molecule has 0 aliphatic rings. The summed E-state index contributed by atoms with van der Waals surface area (Å²) in [5.41, 5.74) is 2.05. The molecule has 1 aromatic heterocycles. The summed E-state index contributed by atoms with van der Waals surface area (Å²) in [6, 6.07) is 14.3. The van der Waals surface area contributed by atoms with Crippen LogP contribution < -0.4 is 5.32 Å². The highest BCUT2D eigenvalue weighted by Crippen LogP contribution is 2.15. The van der Waals surface area contributed by atoms with Crippen LogP contribution in [-0.4, -0.2) is 32.6 Å². The van der Waals surface area contributed by atoms with Crippen molar-refractivity contribution in [1.29, 1.82) is 0 Å². The van der Waals surface area contributed by atoms with Gasteiger partial charge in [0, 0.05) is 11.8 Å². The van der Waals surface area contributed by atoms with E-state index < -0.39 is 11.7 Å². The lowest BCUT2D eigenvalue weighted by atomic mass is 10.2. The molecule has 0 atom stereocenters. The molecule has 1 amide bonds. The van der Waals surface area contributed by atoms with Crippen LogP contribution in [0.25, 0.3) is 17.1 Å². The second kappa shape index (κ2) is 7.41. The number of benzene rings is 2. The van der Waals surface area contributed by atoms with Gasteiger partial charge in [0.15, 0.2) is 0 Å². The van der Waals surface area contributed by atoms with Gasteiger partial charge in [-0.1, -0.05) is 29.5 Å². The zero-order valence-electron chi connectivity index (χ0n) is 15.3. The van der Waals surface area contributed by atoms with Gasteiger partial charge < -0.3 is 4.74 Å². The van der Waals surface area contributed by atoms with Crippen molar-refractivity contribution in [2.75, 3.05) is 5.32 Å². The van der Waals surface area contributed by atoms with Gasteiger partial charge in [0.1, 0.15) is 11.1 Å². The third-order valence-corrected chi connectivity index (χ3v) is 3.51. The average Bonchev–Trinajstić information content (AvgIpc) is 3.02. The predicted octanol–water partition coefficient (Wildman–Crippen LogP) is 4.13. The molecule has 0 aliphatic carbocycles. The lowest BCUT2D eigenvalue weighted by Gasteiger charge is -2.19. The maximum atomic E-state index is 12.4. The molecule has 0 unspecified atom stereocenters. The predicted molar refractivity (Wildman–Crippen MR) is 103 cm³/mol. The molecule has 0 radical (unpaired) electrons. The van der Waals surface area contributed by atoms with E-state index >= 15 is 0 Å². The molecule has 1 heterocycles. The van der Waals surface area contributed by atoms with Crippen LogP contribution in [0.4, 0.5) is 10.5 Å². The van der Waals surface area contributed by atoms with E-state index in [4.69, 9.17) is 4.74 Å². The van der Waals surface area contributed by atoms with E-state index in [2.05, 4.69) is 15.6 Å². The first kappa shape index (κ1) is 18.3. The molecule has 3 rings (SSSR count). The molecular weight excluding hydrogens is 344 g/mol. The minimum Gasteiger partial charge on any atom is -0.444 e. The average molecular weight is 364 g/mol. The molecule has 0 bridgehead atoms. The quantitative estimate of drug-likeness (QED) is 0.706. The first-order valence-electron chi connectivity index (χ1n) is 8.45. The summed E-state index contributed by atoms with van der Waals surface area (Å²) >= 11 is 0. The number of hydrogen-bond acceptors (Lipinski definition) is 5. The van der Waals surface area contributed by atoms with Crippen LogP contribution >= 0.6 is 0 Å². The number of nitrogens with zero attached hydrogens (tertiary/aromatic N) is 3. The molecule has 3 aromatic rings. The Bertz CT molecular complexity index is 1020. The third kappa shape index (κ3) is 4.78. The number of fused-ring (bicyclic) bond motifs is 1. The van der Waals surface area contributed by atoms with Crippen molar-refractivity contribution in [1.82, 2.24) is 15.0 Å². The highest BCUT2D eigenvalue weighted by Gasteiger charge is 2.16. The third-order valence-electron chi connectivity index (χ3n) is 3.51. The van der Waals surface area contributed by atoms with E-state index in [0.717, 1.165) is 5.56 Å². The first-order chi connectivity index (χ1) is 12.8. The number of carbonyl (C=O) groups excluding carboxylic acids is 2. The first-order valence-corrected chi connectivity index (χ1v) is 8.45. The molecule has 0 saturated carbocycles. The summed E-state index contributed by atoms with van der Waals surface area (Å²) in [6.07, 6.45) is 2.53. The molecule has 2 aromatic carbocycles. The van der Waals surface area contributed by atoms with Crippen molar-refractivity contribution >= 4 is 34.8 Å². The molecular formula is C20H20N4O3. The van der Waals surface area contributed by atoms with Crippen molar-refractivity contribution in [2.24, 2.45) is 0 Å². The Morgan fingerprint density at radius 2 is 1.89 bits per heavy atom. The Morgan fingerprint density at radius 3 is 2.67 bits per heavy atom. The second-order valence-electron chi connectivity index (χ2n) is 6.91. The van der Waals surface area contributed by atoms with Crippen LogP contribution in [0, 0.1) is 0 Å². The Morgan fingerprint density at radius 1 is 1.11 bits per heavy atom. The van der Waals surface area contributed by atoms with Gasteiger partial charge in [-0.15, -0.1) is 5.10 Å². The van der Waals surface area contributed by atoms with Gasteiger partial charge in [-0.25, -0.2) is 4.79 Å². The van der Waals surface area contributed by atoms with Crippen molar-refractivity contribution in [3.05, 3.63) is 60.2 Å². The number of amides is 1. The van der Waals surface area contributed by atoms with E-state index in [1.807, 2.05) is 18.2 Å². The van der Waals surface area contributed by atoms with Crippen LogP contribution in [-0.2, 0) is 4.74 Å². The van der Waals surface area contributed by atoms with Gasteiger partial charge in [-0.05, 0) is 56.7 Å². The molecule has 1 N–H and O–H groups in total. The van der Waals surface area contributed by atoms with Crippen LogP contribution in [0.2, 0.25) is 0 Å². The molecule has 138 valence electrons. The zero-order valence-corrected chi connectivity index (χ0v) is 15.3. The molecule has 0 aliphatic heterocycles. The van der Waals surface area contributed by atoms with E-state index in [9.17, 15) is 9.59 Å². The summed E-state index contributed by atoms with van der Waals surface area (Å²) in [7, 11) is 0. The molecule has 0 saturated heterocycles. The maximum absolute atomic E-state index is 12.4. The Balaban J connectivity index is 1.72.